The van der Waals surface area contributed by atoms with Gasteiger partial charge in [-0.2, -0.15) is 5.10 Å². The molecule has 7 nitrogen and oxygen atoms in total. The van der Waals surface area contributed by atoms with Crippen molar-refractivity contribution in [3.63, 3.8) is 0 Å². The van der Waals surface area contributed by atoms with Crippen molar-refractivity contribution in [2.45, 2.75) is 6.54 Å². The van der Waals surface area contributed by atoms with E-state index < -0.39 is 0 Å². The lowest BCUT2D eigenvalue weighted by Gasteiger charge is -2.09. The number of nitrogens with one attached hydrogen (secondary N) is 2. The van der Waals surface area contributed by atoms with E-state index in [4.69, 9.17) is 0 Å². The molecule has 4 aromatic rings. The SMILES string of the molecule is O=C(Nc1cccc(NC(=O)c2cccnc2)c1)c1ccc(Cn2cccn2)cc1. The second-order valence-electron chi connectivity index (χ2n) is 6.63. The van der Waals surface area contributed by atoms with Gasteiger partial charge >= 0.3 is 0 Å². The molecule has 0 saturated heterocycles. The highest BCUT2D eigenvalue weighted by atomic mass is 16.2. The molecule has 148 valence electrons. The molecule has 0 unspecified atom stereocenters. The number of aromatic nitrogens is 3. The molecule has 2 amide bonds. The molecular formula is C23H19N5O2. The Bertz CT molecular complexity index is 1140. The van der Waals surface area contributed by atoms with Crippen LogP contribution in [0.2, 0.25) is 0 Å². The molecule has 0 fully saturated rings. The molecule has 2 N–H and O–H groups in total. The number of benzene rings is 2. The first-order valence-electron chi connectivity index (χ1n) is 9.36. The van der Waals surface area contributed by atoms with Crippen LogP contribution in [0.15, 0.2) is 91.5 Å². The molecule has 0 spiro atoms. The van der Waals surface area contributed by atoms with Crippen LogP contribution in [0.5, 0.6) is 0 Å². The minimum Gasteiger partial charge on any atom is -0.322 e. The van der Waals surface area contributed by atoms with Crippen molar-refractivity contribution in [3.05, 3.63) is 108 Å². The van der Waals surface area contributed by atoms with Crippen LogP contribution >= 0.6 is 0 Å². The molecule has 0 aliphatic heterocycles. The van der Waals surface area contributed by atoms with E-state index in [1.165, 1.54) is 6.20 Å². The second-order valence-corrected chi connectivity index (χ2v) is 6.63. The van der Waals surface area contributed by atoms with E-state index in [-0.39, 0.29) is 11.8 Å². The number of hydrogen-bond acceptors (Lipinski definition) is 4. The van der Waals surface area contributed by atoms with E-state index in [2.05, 4.69) is 20.7 Å². The van der Waals surface area contributed by atoms with Crippen molar-refractivity contribution in [1.82, 2.24) is 14.8 Å². The van der Waals surface area contributed by atoms with Crippen LogP contribution in [0.4, 0.5) is 11.4 Å². The maximum atomic E-state index is 12.6. The molecule has 4 rings (SSSR count). The average molecular weight is 397 g/mol. The van der Waals surface area contributed by atoms with Crippen molar-refractivity contribution in [1.29, 1.82) is 0 Å². The second kappa shape index (κ2) is 8.83. The lowest BCUT2D eigenvalue weighted by molar-refractivity contribution is 0.101. The number of carbonyl (C=O) groups is 2. The quantitative estimate of drug-likeness (QED) is 0.517. The molecule has 0 atom stereocenters. The highest BCUT2D eigenvalue weighted by molar-refractivity contribution is 6.06. The maximum absolute atomic E-state index is 12.6. The van der Waals surface area contributed by atoms with E-state index >= 15 is 0 Å². The van der Waals surface area contributed by atoms with Crippen molar-refractivity contribution in [3.8, 4) is 0 Å². The third kappa shape index (κ3) is 4.77. The van der Waals surface area contributed by atoms with Crippen LogP contribution in [-0.4, -0.2) is 26.6 Å². The lowest BCUT2D eigenvalue weighted by atomic mass is 10.1. The van der Waals surface area contributed by atoms with Gasteiger partial charge in [0.05, 0.1) is 12.1 Å². The third-order valence-electron chi connectivity index (χ3n) is 4.42. The molecule has 2 heterocycles. The van der Waals surface area contributed by atoms with E-state index in [0.717, 1.165) is 5.56 Å². The first kappa shape index (κ1) is 19.1. The summed E-state index contributed by atoms with van der Waals surface area (Å²) in [4.78, 5) is 28.8. The van der Waals surface area contributed by atoms with Crippen LogP contribution in [0.25, 0.3) is 0 Å². The highest BCUT2D eigenvalue weighted by Gasteiger charge is 2.09. The largest absolute Gasteiger partial charge is 0.322 e. The summed E-state index contributed by atoms with van der Waals surface area (Å²) in [5.74, 6) is -0.490. The fraction of sp³-hybridized carbons (Fsp3) is 0.0435. The molecule has 0 bridgehead atoms. The third-order valence-corrected chi connectivity index (χ3v) is 4.42. The van der Waals surface area contributed by atoms with Crippen LogP contribution in [0.1, 0.15) is 26.3 Å². The Labute approximate surface area is 173 Å². The minimum atomic E-state index is -0.264. The normalized spacial score (nSPS) is 10.4. The summed E-state index contributed by atoms with van der Waals surface area (Å²) in [5.41, 5.74) is 3.22. The summed E-state index contributed by atoms with van der Waals surface area (Å²) >= 11 is 0. The van der Waals surface area contributed by atoms with Gasteiger partial charge in [0, 0.05) is 41.7 Å². The zero-order valence-corrected chi connectivity index (χ0v) is 16.0. The number of hydrogen-bond donors (Lipinski definition) is 2. The van der Waals surface area contributed by atoms with Gasteiger partial charge in [-0.05, 0) is 54.1 Å². The Morgan fingerprint density at radius 2 is 1.53 bits per heavy atom. The Morgan fingerprint density at radius 3 is 2.17 bits per heavy atom. The van der Waals surface area contributed by atoms with Crippen LogP contribution in [0, 0.1) is 0 Å². The smallest absolute Gasteiger partial charge is 0.257 e. The van der Waals surface area contributed by atoms with Gasteiger partial charge in [-0.1, -0.05) is 18.2 Å². The van der Waals surface area contributed by atoms with Gasteiger partial charge in [-0.15, -0.1) is 0 Å². The molecule has 2 aromatic heterocycles. The summed E-state index contributed by atoms with van der Waals surface area (Å²) in [7, 11) is 0. The van der Waals surface area contributed by atoms with E-state index in [0.29, 0.717) is 29.0 Å². The first-order valence-corrected chi connectivity index (χ1v) is 9.36. The molecule has 7 heteroatoms. The first-order chi connectivity index (χ1) is 14.7. The zero-order valence-electron chi connectivity index (χ0n) is 16.0. The van der Waals surface area contributed by atoms with Crippen molar-refractivity contribution >= 4 is 23.2 Å². The zero-order chi connectivity index (χ0) is 20.8. The molecule has 0 saturated carbocycles. The van der Waals surface area contributed by atoms with Crippen LogP contribution < -0.4 is 10.6 Å². The Balaban J connectivity index is 1.39. The van der Waals surface area contributed by atoms with Gasteiger partial charge in [0.25, 0.3) is 11.8 Å². The van der Waals surface area contributed by atoms with Crippen molar-refractivity contribution in [2.24, 2.45) is 0 Å². The molecule has 2 aromatic carbocycles. The topological polar surface area (TPSA) is 88.9 Å². The summed E-state index contributed by atoms with van der Waals surface area (Å²) in [5, 5.41) is 9.83. The van der Waals surface area contributed by atoms with E-state index in [9.17, 15) is 9.59 Å². The molecule has 0 aliphatic rings. The predicted octanol–water partition coefficient (Wildman–Crippen LogP) is 3.83. The summed E-state index contributed by atoms with van der Waals surface area (Å²) in [6.07, 6.45) is 6.73. The number of amides is 2. The number of rotatable bonds is 6. The molecular weight excluding hydrogens is 378 g/mol. The average Bonchev–Trinajstić information content (AvgIpc) is 3.28. The summed E-state index contributed by atoms with van der Waals surface area (Å²) in [6, 6.07) is 19.6. The van der Waals surface area contributed by atoms with Crippen molar-refractivity contribution in [2.75, 3.05) is 10.6 Å². The summed E-state index contributed by atoms with van der Waals surface area (Å²) in [6.45, 7) is 0.646. The Hall–Kier alpha value is -4.26. The highest BCUT2D eigenvalue weighted by Crippen LogP contribution is 2.17. The number of anilines is 2. The van der Waals surface area contributed by atoms with Gasteiger partial charge in [0.2, 0.25) is 0 Å². The van der Waals surface area contributed by atoms with Crippen molar-refractivity contribution < 1.29 is 9.59 Å². The standard InChI is InChI=1S/C23H19N5O2/c29-22(18-9-7-17(8-10-18)16-28-13-3-12-25-28)26-20-5-1-6-21(14-20)27-23(30)19-4-2-11-24-15-19/h1-15H,16H2,(H,26,29)(H,27,30). The lowest BCUT2D eigenvalue weighted by Crippen LogP contribution is -2.14. The van der Waals surface area contributed by atoms with Crippen LogP contribution in [0.3, 0.4) is 0 Å². The Kier molecular flexibility index (Phi) is 5.61. The minimum absolute atomic E-state index is 0.226. The fourth-order valence-corrected chi connectivity index (χ4v) is 2.92. The monoisotopic (exact) mass is 397 g/mol. The molecule has 0 radical (unpaired) electrons. The number of nitrogens with zero attached hydrogens (tertiary/aromatic N) is 3. The van der Waals surface area contributed by atoms with Gasteiger partial charge in [-0.3, -0.25) is 19.3 Å². The summed E-state index contributed by atoms with van der Waals surface area (Å²) < 4.78 is 1.82. The fourth-order valence-electron chi connectivity index (χ4n) is 2.92. The molecule has 0 aliphatic carbocycles. The van der Waals surface area contributed by atoms with Gasteiger partial charge < -0.3 is 10.6 Å². The van der Waals surface area contributed by atoms with Gasteiger partial charge in [0.15, 0.2) is 0 Å². The molecule has 30 heavy (non-hydrogen) atoms. The number of pyridine rings is 1. The maximum Gasteiger partial charge on any atom is 0.257 e. The van der Waals surface area contributed by atoms with Gasteiger partial charge in [-0.25, -0.2) is 0 Å². The predicted molar refractivity (Wildman–Crippen MR) is 114 cm³/mol. The van der Waals surface area contributed by atoms with Crippen LogP contribution in [-0.2, 0) is 6.54 Å². The van der Waals surface area contributed by atoms with Gasteiger partial charge in [0.1, 0.15) is 0 Å². The Morgan fingerprint density at radius 1 is 0.800 bits per heavy atom. The number of carbonyl (C=O) groups excluding carboxylic acids is 2. The van der Waals surface area contributed by atoms with E-state index in [1.54, 1.807) is 60.9 Å². The van der Waals surface area contributed by atoms with E-state index in [1.807, 2.05) is 29.1 Å².